The largest absolute Gasteiger partial charge is 0.399 e. The summed E-state index contributed by atoms with van der Waals surface area (Å²) in [6.45, 7) is 1.37. The third kappa shape index (κ3) is 4.59. The zero-order valence-corrected chi connectivity index (χ0v) is 13.8. The van der Waals surface area contributed by atoms with E-state index in [1.54, 1.807) is 24.3 Å². The molecule has 1 aliphatic rings. The number of rotatable bonds is 4. The van der Waals surface area contributed by atoms with Gasteiger partial charge in [-0.2, -0.15) is 5.26 Å². The first kappa shape index (κ1) is 17.5. The minimum absolute atomic E-state index is 0.0983. The van der Waals surface area contributed by atoms with Gasteiger partial charge < -0.3 is 11.1 Å². The maximum absolute atomic E-state index is 12.3. The predicted octanol–water partition coefficient (Wildman–Crippen LogP) is 2.48. The zero-order valence-electron chi connectivity index (χ0n) is 13.8. The van der Waals surface area contributed by atoms with Crippen molar-refractivity contribution in [3.63, 3.8) is 0 Å². The monoisotopic (exact) mass is 326 g/mol. The molecule has 0 heterocycles. The smallest absolute Gasteiger partial charge is 0.263 e. The molecule has 1 saturated carbocycles. The third-order valence-corrected chi connectivity index (χ3v) is 4.05. The van der Waals surface area contributed by atoms with Gasteiger partial charge >= 0.3 is 0 Å². The topological polar surface area (TPSA) is 99.2 Å². The zero-order chi connectivity index (χ0) is 17.5. The van der Waals surface area contributed by atoms with Gasteiger partial charge in [0.15, 0.2) is 0 Å². The average Bonchev–Trinajstić information content (AvgIpc) is 2.56. The lowest BCUT2D eigenvalue weighted by molar-refractivity contribution is -0.118. The summed E-state index contributed by atoms with van der Waals surface area (Å²) >= 11 is 0. The Hall–Kier alpha value is -2.81. The molecule has 1 aromatic carbocycles. The van der Waals surface area contributed by atoms with Gasteiger partial charge in [-0.05, 0) is 31.0 Å². The highest BCUT2D eigenvalue weighted by molar-refractivity contribution is 6.01. The summed E-state index contributed by atoms with van der Waals surface area (Å²) in [6.07, 6.45) is 6.47. The number of nitrogens with one attached hydrogen (secondary N) is 1. The summed E-state index contributed by atoms with van der Waals surface area (Å²) in [5, 5.41) is 12.2. The van der Waals surface area contributed by atoms with Crippen molar-refractivity contribution in [2.45, 2.75) is 45.1 Å². The van der Waals surface area contributed by atoms with E-state index in [0.717, 1.165) is 25.7 Å². The van der Waals surface area contributed by atoms with Crippen LogP contribution in [-0.2, 0) is 9.59 Å². The lowest BCUT2D eigenvalue weighted by Gasteiger charge is -2.23. The van der Waals surface area contributed by atoms with E-state index in [0.29, 0.717) is 11.4 Å². The van der Waals surface area contributed by atoms with Gasteiger partial charge in [0.25, 0.3) is 5.91 Å². The van der Waals surface area contributed by atoms with Crippen LogP contribution in [-0.4, -0.2) is 17.9 Å². The van der Waals surface area contributed by atoms with E-state index in [1.165, 1.54) is 24.4 Å². The van der Waals surface area contributed by atoms with E-state index in [9.17, 15) is 14.9 Å². The number of hydrogen-bond acceptors (Lipinski definition) is 4. The molecule has 1 aliphatic carbocycles. The van der Waals surface area contributed by atoms with Gasteiger partial charge in [-0.1, -0.05) is 25.3 Å². The van der Waals surface area contributed by atoms with Crippen molar-refractivity contribution in [3.05, 3.63) is 36.0 Å². The van der Waals surface area contributed by atoms with Crippen LogP contribution in [0.5, 0.6) is 0 Å². The first-order valence-electron chi connectivity index (χ1n) is 8.09. The molecule has 126 valence electrons. The van der Waals surface area contributed by atoms with Gasteiger partial charge in [0.2, 0.25) is 5.91 Å². The number of anilines is 2. The summed E-state index contributed by atoms with van der Waals surface area (Å²) in [7, 11) is 0. The van der Waals surface area contributed by atoms with Gasteiger partial charge in [-0.15, -0.1) is 0 Å². The van der Waals surface area contributed by atoms with Crippen LogP contribution < -0.4 is 16.0 Å². The number of hydrogen-bond donors (Lipinski definition) is 2. The molecular weight excluding hydrogens is 304 g/mol. The molecule has 6 heteroatoms. The van der Waals surface area contributed by atoms with Crippen molar-refractivity contribution < 1.29 is 9.59 Å². The lowest BCUT2D eigenvalue weighted by Crippen LogP contribution is -2.37. The van der Waals surface area contributed by atoms with Crippen molar-refractivity contribution in [2.24, 2.45) is 0 Å². The molecule has 0 unspecified atom stereocenters. The van der Waals surface area contributed by atoms with E-state index < -0.39 is 5.91 Å². The number of carbonyl (C=O) groups is 2. The van der Waals surface area contributed by atoms with Crippen LogP contribution in [0.4, 0.5) is 11.4 Å². The molecule has 24 heavy (non-hydrogen) atoms. The number of nitrogens with two attached hydrogens (primary N) is 1. The fraction of sp³-hybridized carbons (Fsp3) is 0.389. The maximum atomic E-state index is 12.3. The standard InChI is InChI=1S/C18H22N4O2/c1-13(23)22(17-9-5-6-15(20)10-17)12-14(11-19)18(24)21-16-7-3-2-4-8-16/h5-6,9-10,12,16H,2-4,7-8,20H2,1H3,(H,21,24)/b14-12-. The van der Waals surface area contributed by atoms with Crippen LogP contribution >= 0.6 is 0 Å². The maximum Gasteiger partial charge on any atom is 0.263 e. The molecule has 0 aromatic heterocycles. The van der Waals surface area contributed by atoms with Gasteiger partial charge in [0, 0.05) is 24.9 Å². The van der Waals surface area contributed by atoms with Crippen molar-refractivity contribution in [3.8, 4) is 6.07 Å². The first-order valence-corrected chi connectivity index (χ1v) is 8.09. The van der Waals surface area contributed by atoms with Crippen LogP contribution in [0.2, 0.25) is 0 Å². The van der Waals surface area contributed by atoms with E-state index in [1.807, 2.05) is 6.07 Å². The van der Waals surface area contributed by atoms with Gasteiger partial charge in [-0.3, -0.25) is 14.5 Å². The Kier molecular flexibility index (Phi) is 5.96. The van der Waals surface area contributed by atoms with Crippen LogP contribution in [0.25, 0.3) is 0 Å². The van der Waals surface area contributed by atoms with E-state index in [-0.39, 0.29) is 17.5 Å². The molecule has 2 rings (SSSR count). The molecule has 0 aliphatic heterocycles. The van der Waals surface area contributed by atoms with Crippen LogP contribution in [0.1, 0.15) is 39.0 Å². The Bertz CT molecular complexity index is 685. The molecule has 0 saturated heterocycles. The third-order valence-electron chi connectivity index (χ3n) is 4.05. The number of amides is 2. The highest BCUT2D eigenvalue weighted by atomic mass is 16.2. The molecule has 1 aromatic rings. The molecule has 2 amide bonds. The molecule has 1 fully saturated rings. The number of nitrogens with zero attached hydrogens (tertiary/aromatic N) is 2. The highest BCUT2D eigenvalue weighted by Crippen LogP contribution is 2.20. The molecule has 6 nitrogen and oxygen atoms in total. The van der Waals surface area contributed by atoms with Gasteiger partial charge in [-0.25, -0.2) is 0 Å². The second-order valence-corrected chi connectivity index (χ2v) is 5.95. The average molecular weight is 326 g/mol. The summed E-state index contributed by atoms with van der Waals surface area (Å²) in [6, 6.07) is 8.71. The Morgan fingerprint density at radius 2 is 2.04 bits per heavy atom. The van der Waals surface area contributed by atoms with Gasteiger partial charge in [0.1, 0.15) is 11.6 Å². The summed E-state index contributed by atoms with van der Waals surface area (Å²) < 4.78 is 0. The van der Waals surface area contributed by atoms with Crippen molar-refractivity contribution in [1.29, 1.82) is 5.26 Å². The Morgan fingerprint density at radius 3 is 2.62 bits per heavy atom. The van der Waals surface area contributed by atoms with Crippen LogP contribution in [0.3, 0.4) is 0 Å². The predicted molar refractivity (Wildman–Crippen MR) is 92.7 cm³/mol. The molecule has 0 atom stereocenters. The molecule has 3 N–H and O–H groups in total. The first-order chi connectivity index (χ1) is 11.5. The normalized spacial score (nSPS) is 15.4. The molecule has 0 bridgehead atoms. The number of benzene rings is 1. The van der Waals surface area contributed by atoms with Crippen LogP contribution in [0, 0.1) is 11.3 Å². The number of nitrogen functional groups attached to an aromatic ring is 1. The fourth-order valence-electron chi connectivity index (χ4n) is 2.80. The number of carbonyl (C=O) groups excluding carboxylic acids is 2. The molecular formula is C18H22N4O2. The van der Waals surface area contributed by atoms with E-state index in [4.69, 9.17) is 5.73 Å². The lowest BCUT2D eigenvalue weighted by atomic mass is 9.95. The summed E-state index contributed by atoms with van der Waals surface area (Å²) in [5.74, 6) is -0.752. The fourth-order valence-corrected chi connectivity index (χ4v) is 2.80. The Labute approximate surface area is 141 Å². The minimum Gasteiger partial charge on any atom is -0.399 e. The van der Waals surface area contributed by atoms with Crippen molar-refractivity contribution in [2.75, 3.05) is 10.6 Å². The Balaban J connectivity index is 2.20. The van der Waals surface area contributed by atoms with Crippen molar-refractivity contribution in [1.82, 2.24) is 5.32 Å². The quantitative estimate of drug-likeness (QED) is 0.504. The Morgan fingerprint density at radius 1 is 1.33 bits per heavy atom. The number of nitriles is 1. The summed E-state index contributed by atoms with van der Waals surface area (Å²) in [5.41, 5.74) is 6.65. The molecule has 0 radical (unpaired) electrons. The van der Waals surface area contributed by atoms with Crippen LogP contribution in [0.15, 0.2) is 36.0 Å². The molecule has 0 spiro atoms. The van der Waals surface area contributed by atoms with E-state index >= 15 is 0 Å². The highest BCUT2D eigenvalue weighted by Gasteiger charge is 2.20. The minimum atomic E-state index is -0.445. The second kappa shape index (κ2) is 8.16. The van der Waals surface area contributed by atoms with Crippen molar-refractivity contribution >= 4 is 23.2 Å². The van der Waals surface area contributed by atoms with E-state index in [2.05, 4.69) is 5.32 Å². The SMILES string of the molecule is CC(=O)N(/C=C(/C#N)C(=O)NC1CCCCC1)c1cccc(N)c1. The summed E-state index contributed by atoms with van der Waals surface area (Å²) in [4.78, 5) is 25.5. The second-order valence-electron chi connectivity index (χ2n) is 5.95. The van der Waals surface area contributed by atoms with Gasteiger partial charge in [0.05, 0.1) is 5.69 Å².